The maximum Gasteiger partial charge on any atom is 0.0393 e. The number of hydrogen-bond acceptors (Lipinski definition) is 0. The van der Waals surface area contributed by atoms with E-state index >= 15 is 0 Å². The first kappa shape index (κ1) is 19.7. The zero-order valence-corrected chi connectivity index (χ0v) is 14.8. The van der Waals surface area contributed by atoms with E-state index < -0.39 is 8.07 Å². The summed E-state index contributed by atoms with van der Waals surface area (Å²) in [6.07, 6.45) is 6.81. The maximum atomic E-state index is 3.43. The number of hydrogen-bond donors (Lipinski definition) is 0. The van der Waals surface area contributed by atoms with Crippen LogP contribution >= 0.6 is 24.8 Å². The van der Waals surface area contributed by atoms with Crippen molar-refractivity contribution in [2.24, 2.45) is 0 Å². The predicted molar refractivity (Wildman–Crippen MR) is 63.0 cm³/mol. The molecular formula is C9H17Cl2HfSi-. The summed E-state index contributed by atoms with van der Waals surface area (Å²) in [6.45, 7) is 9.28. The van der Waals surface area contributed by atoms with Crippen molar-refractivity contribution >= 4 is 32.9 Å². The van der Waals surface area contributed by atoms with Gasteiger partial charge in [-0.15, -0.1) is 31.2 Å². The minimum Gasteiger partial charge on any atom is -0.273 e. The maximum absolute atomic E-state index is 3.43. The SMILES string of the molecule is CC1=CC([Si](C)(C)C)=[C-]C1.Cl.Cl.[Hf]. The molecule has 0 nitrogen and oxygen atoms in total. The van der Waals surface area contributed by atoms with Crippen molar-refractivity contribution in [2.45, 2.75) is 33.0 Å². The van der Waals surface area contributed by atoms with Crippen LogP contribution in [0.3, 0.4) is 0 Å². The molecule has 0 spiro atoms. The van der Waals surface area contributed by atoms with Crippen LogP contribution in [0.2, 0.25) is 19.6 Å². The number of allylic oxidation sites excluding steroid dienone is 4. The fourth-order valence-corrected chi connectivity index (χ4v) is 2.36. The van der Waals surface area contributed by atoms with Crippen molar-refractivity contribution in [3.8, 4) is 0 Å². The van der Waals surface area contributed by atoms with Gasteiger partial charge in [-0.25, -0.2) is 11.3 Å². The van der Waals surface area contributed by atoms with E-state index in [1.165, 1.54) is 10.8 Å². The van der Waals surface area contributed by atoms with Gasteiger partial charge >= 0.3 is 0 Å². The molecule has 1 aliphatic carbocycles. The molecule has 0 atom stereocenters. The molecule has 0 aromatic carbocycles. The predicted octanol–water partition coefficient (Wildman–Crippen LogP) is 3.78. The summed E-state index contributed by atoms with van der Waals surface area (Å²) < 4.78 is 0. The molecule has 0 amide bonds. The van der Waals surface area contributed by atoms with Gasteiger partial charge in [0, 0.05) is 33.9 Å². The topological polar surface area (TPSA) is 0 Å². The summed E-state index contributed by atoms with van der Waals surface area (Å²) in [5, 5.41) is 1.50. The van der Waals surface area contributed by atoms with E-state index in [4.69, 9.17) is 0 Å². The number of halogens is 2. The average molecular weight is 403 g/mol. The van der Waals surface area contributed by atoms with Crippen LogP contribution in [0.4, 0.5) is 0 Å². The Morgan fingerprint density at radius 2 is 1.69 bits per heavy atom. The van der Waals surface area contributed by atoms with Gasteiger partial charge in [0.25, 0.3) is 0 Å². The van der Waals surface area contributed by atoms with E-state index in [2.05, 4.69) is 38.7 Å². The normalized spacial score (nSPS) is 14.5. The van der Waals surface area contributed by atoms with Gasteiger partial charge in [-0.1, -0.05) is 26.6 Å². The first-order valence-corrected chi connectivity index (χ1v) is 7.28. The second-order valence-electron chi connectivity index (χ2n) is 4.01. The van der Waals surface area contributed by atoms with Gasteiger partial charge in [-0.2, -0.15) is 5.57 Å². The van der Waals surface area contributed by atoms with Gasteiger partial charge in [0.05, 0.1) is 0 Å². The molecule has 0 saturated heterocycles. The third kappa shape index (κ3) is 6.27. The fraction of sp³-hybridized carbons (Fsp3) is 0.556. The Balaban J connectivity index is -0.000000333. The van der Waals surface area contributed by atoms with Crippen LogP contribution in [-0.2, 0) is 25.8 Å². The second-order valence-corrected chi connectivity index (χ2v) is 9.05. The van der Waals surface area contributed by atoms with Crippen molar-refractivity contribution in [1.29, 1.82) is 0 Å². The molecular weight excluding hydrogens is 386 g/mol. The minimum atomic E-state index is -1.04. The largest absolute Gasteiger partial charge is 0.273 e. The van der Waals surface area contributed by atoms with Crippen molar-refractivity contribution in [2.75, 3.05) is 0 Å². The Morgan fingerprint density at radius 1 is 1.23 bits per heavy atom. The van der Waals surface area contributed by atoms with Gasteiger partial charge in [0.2, 0.25) is 0 Å². The van der Waals surface area contributed by atoms with Crippen LogP contribution in [0, 0.1) is 6.08 Å². The third-order valence-electron chi connectivity index (χ3n) is 1.76. The van der Waals surface area contributed by atoms with Crippen LogP contribution in [0.25, 0.3) is 0 Å². The summed E-state index contributed by atoms with van der Waals surface area (Å²) >= 11 is 0. The van der Waals surface area contributed by atoms with E-state index in [1.54, 1.807) is 0 Å². The van der Waals surface area contributed by atoms with Gasteiger partial charge in [-0.05, 0) is 0 Å². The van der Waals surface area contributed by atoms with E-state index in [0.717, 1.165) is 6.42 Å². The standard InChI is InChI=1S/C9H15Si.2ClH.Hf/c1-8-5-6-9(7-8)10(2,3)4;;;/h7H,5H2,1-4H3;2*1H;/q-1;;;. The molecule has 0 unspecified atom stereocenters. The fourth-order valence-electron chi connectivity index (χ4n) is 1.06. The van der Waals surface area contributed by atoms with Crippen LogP contribution in [0.15, 0.2) is 16.8 Å². The Hall–Kier alpha value is 1.15. The Morgan fingerprint density at radius 3 is 1.85 bits per heavy atom. The molecule has 0 bridgehead atoms. The van der Waals surface area contributed by atoms with Crippen molar-refractivity contribution in [3.63, 3.8) is 0 Å². The van der Waals surface area contributed by atoms with Crippen molar-refractivity contribution in [3.05, 3.63) is 22.9 Å². The Labute approximate surface area is 114 Å². The van der Waals surface area contributed by atoms with Crippen LogP contribution in [-0.4, -0.2) is 8.07 Å². The van der Waals surface area contributed by atoms with Crippen molar-refractivity contribution in [1.82, 2.24) is 0 Å². The quantitative estimate of drug-likeness (QED) is 0.462. The van der Waals surface area contributed by atoms with Gasteiger partial charge in [0.1, 0.15) is 0 Å². The van der Waals surface area contributed by atoms with Gasteiger partial charge < -0.3 is 0 Å². The first-order valence-electron chi connectivity index (χ1n) is 3.78. The zero-order valence-electron chi connectivity index (χ0n) is 8.60. The zero-order chi connectivity index (χ0) is 7.78. The van der Waals surface area contributed by atoms with E-state index in [-0.39, 0.29) is 50.7 Å². The molecule has 0 heterocycles. The molecule has 0 aromatic heterocycles. The summed E-state index contributed by atoms with van der Waals surface area (Å²) in [7, 11) is -1.04. The van der Waals surface area contributed by atoms with E-state index in [9.17, 15) is 0 Å². The average Bonchev–Trinajstić information content (AvgIpc) is 2.11. The van der Waals surface area contributed by atoms with E-state index in [1.807, 2.05) is 0 Å². The van der Waals surface area contributed by atoms with Crippen LogP contribution in [0.1, 0.15) is 13.3 Å². The number of rotatable bonds is 1. The molecule has 0 saturated carbocycles. The Kier molecular flexibility index (Phi) is 11.3. The summed E-state index contributed by atoms with van der Waals surface area (Å²) in [5.74, 6) is 0. The van der Waals surface area contributed by atoms with Gasteiger partial charge in [-0.3, -0.25) is 6.08 Å². The Bertz CT molecular complexity index is 204. The smallest absolute Gasteiger partial charge is 0.0393 e. The monoisotopic (exact) mass is 403 g/mol. The van der Waals surface area contributed by atoms with Gasteiger partial charge in [0.15, 0.2) is 0 Å². The summed E-state index contributed by atoms with van der Waals surface area (Å²) in [4.78, 5) is 0. The molecule has 1 aliphatic rings. The molecule has 0 aromatic rings. The first-order chi connectivity index (χ1) is 4.50. The third-order valence-corrected chi connectivity index (χ3v) is 3.69. The van der Waals surface area contributed by atoms with Crippen LogP contribution in [0.5, 0.6) is 0 Å². The summed E-state index contributed by atoms with van der Waals surface area (Å²) in [6, 6.07) is 0. The molecule has 13 heavy (non-hydrogen) atoms. The van der Waals surface area contributed by atoms with E-state index in [0.29, 0.717) is 0 Å². The molecule has 4 heteroatoms. The summed E-state index contributed by atoms with van der Waals surface area (Å²) in [5.41, 5.74) is 1.47. The molecule has 0 aliphatic heterocycles. The van der Waals surface area contributed by atoms with Crippen molar-refractivity contribution < 1.29 is 25.8 Å². The molecule has 0 N–H and O–H groups in total. The molecule has 76 valence electrons. The molecule has 1 rings (SSSR count). The minimum absolute atomic E-state index is 0. The molecule has 0 fully saturated rings. The molecule has 0 radical (unpaired) electrons. The second kappa shape index (κ2) is 7.44. The van der Waals surface area contributed by atoms with Crippen LogP contribution < -0.4 is 0 Å².